The van der Waals surface area contributed by atoms with Crippen molar-refractivity contribution < 1.29 is 0 Å². The zero-order valence-electron chi connectivity index (χ0n) is 7.96. The molecular formula is C11H13N3. The molecule has 0 aromatic carbocycles. The molecule has 1 saturated carbocycles. The number of nitrogens with zero attached hydrogens (tertiary/aromatic N) is 1. The normalized spacial score (nSPS) is 18.6. The summed E-state index contributed by atoms with van der Waals surface area (Å²) in [6, 6.07) is 4.07. The van der Waals surface area contributed by atoms with Crippen molar-refractivity contribution in [2.45, 2.75) is 24.8 Å². The molecule has 0 spiro atoms. The Morgan fingerprint density at radius 2 is 2.36 bits per heavy atom. The molecule has 2 heterocycles. The van der Waals surface area contributed by atoms with Crippen molar-refractivity contribution in [3.05, 3.63) is 30.1 Å². The lowest BCUT2D eigenvalue weighted by molar-refractivity contribution is 0.675. The average molecular weight is 187 g/mol. The van der Waals surface area contributed by atoms with Crippen LogP contribution in [0.5, 0.6) is 0 Å². The van der Waals surface area contributed by atoms with Crippen LogP contribution in [-0.4, -0.2) is 15.5 Å². The summed E-state index contributed by atoms with van der Waals surface area (Å²) in [5.41, 5.74) is 8.43. The molecule has 3 nitrogen and oxygen atoms in total. The molecule has 0 amide bonds. The van der Waals surface area contributed by atoms with Gasteiger partial charge >= 0.3 is 0 Å². The summed E-state index contributed by atoms with van der Waals surface area (Å²) in [6.07, 6.45) is 7.11. The van der Waals surface area contributed by atoms with Crippen molar-refractivity contribution in [2.75, 3.05) is 0 Å². The molecule has 0 atom stereocenters. The first-order chi connectivity index (χ1) is 6.77. The van der Waals surface area contributed by atoms with Crippen LogP contribution in [0.25, 0.3) is 11.0 Å². The molecule has 0 radical (unpaired) electrons. The van der Waals surface area contributed by atoms with Crippen LogP contribution in [0.1, 0.15) is 18.4 Å². The summed E-state index contributed by atoms with van der Waals surface area (Å²) in [5, 5.41) is 1.21. The highest BCUT2D eigenvalue weighted by Gasteiger charge is 2.38. The number of nitrogens with two attached hydrogens (primary N) is 1. The monoisotopic (exact) mass is 187 g/mol. The highest BCUT2D eigenvalue weighted by atomic mass is 14.9. The van der Waals surface area contributed by atoms with Gasteiger partial charge in [-0.2, -0.15) is 0 Å². The molecule has 3 heteroatoms. The number of pyridine rings is 1. The Kier molecular flexibility index (Phi) is 1.47. The maximum Gasteiger partial charge on any atom is 0.137 e. The maximum absolute atomic E-state index is 6.09. The summed E-state index contributed by atoms with van der Waals surface area (Å²) in [4.78, 5) is 7.43. The molecule has 3 N–H and O–H groups in total. The molecule has 0 aliphatic heterocycles. The molecule has 1 aliphatic rings. The van der Waals surface area contributed by atoms with E-state index in [1.54, 1.807) is 6.20 Å². The van der Waals surface area contributed by atoms with Gasteiger partial charge in [-0.1, -0.05) is 0 Å². The highest BCUT2D eigenvalue weighted by molar-refractivity contribution is 5.79. The average Bonchev–Trinajstić information content (AvgIpc) is 2.77. The fourth-order valence-corrected chi connectivity index (χ4v) is 1.88. The lowest BCUT2D eigenvalue weighted by atomic mass is 10.1. The molecule has 0 unspecified atom stereocenters. The van der Waals surface area contributed by atoms with E-state index in [2.05, 4.69) is 16.0 Å². The largest absolute Gasteiger partial charge is 0.346 e. The van der Waals surface area contributed by atoms with E-state index in [1.807, 2.05) is 12.3 Å². The minimum absolute atomic E-state index is 0.0744. The fraction of sp³-hybridized carbons (Fsp3) is 0.364. The predicted octanol–water partition coefficient (Wildman–Crippen LogP) is 1.60. The molecule has 2 aromatic heterocycles. The number of H-pyrrole nitrogens is 1. The zero-order valence-corrected chi connectivity index (χ0v) is 7.96. The van der Waals surface area contributed by atoms with Crippen LogP contribution < -0.4 is 5.73 Å². The van der Waals surface area contributed by atoms with Crippen LogP contribution in [0, 0.1) is 0 Å². The van der Waals surface area contributed by atoms with Crippen molar-refractivity contribution >= 4 is 11.0 Å². The molecule has 1 fully saturated rings. The summed E-state index contributed by atoms with van der Waals surface area (Å²) in [6.45, 7) is 0. The fourth-order valence-electron chi connectivity index (χ4n) is 1.88. The maximum atomic E-state index is 6.09. The Morgan fingerprint density at radius 1 is 1.50 bits per heavy atom. The third kappa shape index (κ3) is 1.21. The topological polar surface area (TPSA) is 54.7 Å². The minimum atomic E-state index is 0.0744. The Morgan fingerprint density at radius 3 is 3.14 bits per heavy atom. The first kappa shape index (κ1) is 8.00. The molecule has 1 aliphatic carbocycles. The van der Waals surface area contributed by atoms with Crippen LogP contribution in [0.15, 0.2) is 24.5 Å². The lowest BCUT2D eigenvalue weighted by Gasteiger charge is -2.06. The molecule has 14 heavy (non-hydrogen) atoms. The van der Waals surface area contributed by atoms with Gasteiger partial charge in [-0.25, -0.2) is 4.98 Å². The van der Waals surface area contributed by atoms with Crippen LogP contribution in [0.2, 0.25) is 0 Å². The first-order valence-corrected chi connectivity index (χ1v) is 4.97. The SMILES string of the molecule is NC1(Cc2c[nH]c3ncccc23)CC1. The Bertz CT molecular complexity index is 468. The molecule has 2 aromatic rings. The number of aromatic amines is 1. The summed E-state index contributed by atoms with van der Waals surface area (Å²) in [7, 11) is 0. The summed E-state index contributed by atoms with van der Waals surface area (Å²) >= 11 is 0. The van der Waals surface area contributed by atoms with E-state index < -0.39 is 0 Å². The van der Waals surface area contributed by atoms with E-state index in [0.29, 0.717) is 0 Å². The van der Waals surface area contributed by atoms with Crippen molar-refractivity contribution in [1.82, 2.24) is 9.97 Å². The number of hydrogen-bond acceptors (Lipinski definition) is 2. The summed E-state index contributed by atoms with van der Waals surface area (Å²) < 4.78 is 0. The van der Waals surface area contributed by atoms with Crippen molar-refractivity contribution in [1.29, 1.82) is 0 Å². The van der Waals surface area contributed by atoms with Crippen molar-refractivity contribution in [2.24, 2.45) is 5.73 Å². The Balaban J connectivity index is 2.04. The minimum Gasteiger partial charge on any atom is -0.346 e. The van der Waals surface area contributed by atoms with Gasteiger partial charge in [0.1, 0.15) is 5.65 Å². The third-order valence-electron chi connectivity index (χ3n) is 2.97. The van der Waals surface area contributed by atoms with Crippen molar-refractivity contribution in [3.63, 3.8) is 0 Å². The van der Waals surface area contributed by atoms with E-state index in [0.717, 1.165) is 24.9 Å². The number of fused-ring (bicyclic) bond motifs is 1. The van der Waals surface area contributed by atoms with Crippen LogP contribution in [0.4, 0.5) is 0 Å². The lowest BCUT2D eigenvalue weighted by Crippen LogP contribution is -2.24. The van der Waals surface area contributed by atoms with E-state index in [9.17, 15) is 0 Å². The summed E-state index contributed by atoms with van der Waals surface area (Å²) in [5.74, 6) is 0. The van der Waals surface area contributed by atoms with Gasteiger partial charge in [0.2, 0.25) is 0 Å². The van der Waals surface area contributed by atoms with Crippen LogP contribution in [0.3, 0.4) is 0 Å². The highest BCUT2D eigenvalue weighted by Crippen LogP contribution is 2.36. The van der Waals surface area contributed by atoms with Gasteiger partial charge < -0.3 is 10.7 Å². The second kappa shape index (κ2) is 2.58. The smallest absolute Gasteiger partial charge is 0.137 e. The van der Waals surface area contributed by atoms with E-state index in [-0.39, 0.29) is 5.54 Å². The van der Waals surface area contributed by atoms with Crippen LogP contribution >= 0.6 is 0 Å². The van der Waals surface area contributed by atoms with Crippen molar-refractivity contribution in [3.8, 4) is 0 Å². The number of nitrogens with one attached hydrogen (secondary N) is 1. The Labute approximate surface area is 82.3 Å². The number of hydrogen-bond donors (Lipinski definition) is 2. The third-order valence-corrected chi connectivity index (χ3v) is 2.97. The van der Waals surface area contributed by atoms with Gasteiger partial charge in [0, 0.05) is 23.3 Å². The molecule has 3 rings (SSSR count). The van der Waals surface area contributed by atoms with Gasteiger partial charge in [0.05, 0.1) is 0 Å². The Hall–Kier alpha value is -1.35. The van der Waals surface area contributed by atoms with Gasteiger partial charge in [0.15, 0.2) is 0 Å². The first-order valence-electron chi connectivity index (χ1n) is 4.97. The van der Waals surface area contributed by atoms with Gasteiger partial charge in [-0.05, 0) is 37.0 Å². The number of aromatic nitrogens is 2. The second-order valence-electron chi connectivity index (χ2n) is 4.25. The van der Waals surface area contributed by atoms with E-state index in [1.165, 1.54) is 10.9 Å². The molecule has 0 bridgehead atoms. The van der Waals surface area contributed by atoms with E-state index >= 15 is 0 Å². The van der Waals surface area contributed by atoms with Crippen LogP contribution in [-0.2, 0) is 6.42 Å². The van der Waals surface area contributed by atoms with Gasteiger partial charge in [-0.3, -0.25) is 0 Å². The second-order valence-corrected chi connectivity index (χ2v) is 4.25. The van der Waals surface area contributed by atoms with Gasteiger partial charge in [-0.15, -0.1) is 0 Å². The molecular weight excluding hydrogens is 174 g/mol. The number of rotatable bonds is 2. The molecule has 72 valence electrons. The standard InChI is InChI=1S/C11H13N3/c12-11(3-4-11)6-8-7-14-10-9(8)2-1-5-13-10/h1-2,5,7H,3-4,6,12H2,(H,13,14). The zero-order chi connectivity index (χ0) is 9.60. The molecule has 0 saturated heterocycles. The van der Waals surface area contributed by atoms with Gasteiger partial charge in [0.25, 0.3) is 0 Å². The predicted molar refractivity (Wildman–Crippen MR) is 56.0 cm³/mol. The quantitative estimate of drug-likeness (QED) is 0.750. The van der Waals surface area contributed by atoms with E-state index in [4.69, 9.17) is 5.73 Å².